The molecular weight excluding hydrogens is 326 g/mol. The molecule has 1 aromatic rings. The summed E-state index contributed by atoms with van der Waals surface area (Å²) >= 11 is 5.88. The molecule has 2 unspecified atom stereocenters. The molecule has 2 aliphatic rings. The van der Waals surface area contributed by atoms with Crippen LogP contribution in [0.15, 0.2) is 24.3 Å². The molecule has 1 aliphatic heterocycles. The van der Waals surface area contributed by atoms with E-state index < -0.39 is 5.97 Å². The molecule has 1 heterocycles. The van der Waals surface area contributed by atoms with Gasteiger partial charge < -0.3 is 9.64 Å². The first-order chi connectivity index (χ1) is 11.2. The number of fused-ring (bicyclic) bond motifs is 2. The van der Waals surface area contributed by atoms with Gasteiger partial charge in [0, 0.05) is 17.6 Å². The van der Waals surface area contributed by atoms with Crippen LogP contribution in [0.1, 0.15) is 50.4 Å². The highest BCUT2D eigenvalue weighted by molar-refractivity contribution is 6.30. The summed E-state index contributed by atoms with van der Waals surface area (Å²) in [6.45, 7) is 7.34. The fourth-order valence-corrected chi connectivity index (χ4v) is 4.85. The molecule has 2 atom stereocenters. The number of benzene rings is 1. The zero-order chi connectivity index (χ0) is 17.5. The molecule has 3 rings (SSSR count). The number of amides is 1. The van der Waals surface area contributed by atoms with Crippen molar-refractivity contribution in [1.29, 1.82) is 0 Å². The number of halogens is 1. The van der Waals surface area contributed by atoms with Crippen LogP contribution < -0.4 is 0 Å². The van der Waals surface area contributed by atoms with Gasteiger partial charge in [-0.15, -0.1) is 0 Å². The third kappa shape index (κ3) is 3.59. The molecule has 0 spiro atoms. The van der Waals surface area contributed by atoms with Gasteiger partial charge >= 0.3 is 5.97 Å². The second-order valence-corrected chi connectivity index (χ2v) is 8.76. The molecule has 1 saturated heterocycles. The van der Waals surface area contributed by atoms with Gasteiger partial charge in [-0.1, -0.05) is 38.4 Å². The number of ether oxygens (including phenoxy) is 1. The highest BCUT2D eigenvalue weighted by Crippen LogP contribution is 2.52. The Balaban J connectivity index is 1.61. The Morgan fingerprint density at radius 1 is 1.29 bits per heavy atom. The highest BCUT2D eigenvalue weighted by atomic mass is 35.5. The van der Waals surface area contributed by atoms with Crippen LogP contribution >= 0.6 is 11.6 Å². The first-order valence-corrected chi connectivity index (χ1v) is 8.78. The summed E-state index contributed by atoms with van der Waals surface area (Å²) in [4.78, 5) is 26.5. The summed E-state index contributed by atoms with van der Waals surface area (Å²) in [6.07, 6.45) is 3.18. The molecule has 24 heavy (non-hydrogen) atoms. The minimum absolute atomic E-state index is 0.100. The number of nitrogens with zero attached hydrogens (tertiary/aromatic N) is 1. The highest BCUT2D eigenvalue weighted by Gasteiger charge is 2.50. The molecule has 5 heteroatoms. The molecule has 2 bridgehead atoms. The Morgan fingerprint density at radius 2 is 2.04 bits per heavy atom. The minimum atomic E-state index is -0.514. The van der Waals surface area contributed by atoms with Crippen molar-refractivity contribution in [2.45, 2.75) is 46.1 Å². The number of carbonyl (C=O) groups is 2. The number of hydrogen-bond donors (Lipinski definition) is 0. The lowest BCUT2D eigenvalue weighted by molar-refractivity contribution is -0.135. The summed E-state index contributed by atoms with van der Waals surface area (Å²) in [7, 11) is 0. The summed E-state index contributed by atoms with van der Waals surface area (Å²) in [5.74, 6) is -0.614. The number of esters is 1. The van der Waals surface area contributed by atoms with Crippen molar-refractivity contribution in [3.05, 3.63) is 34.9 Å². The van der Waals surface area contributed by atoms with Gasteiger partial charge in [0.05, 0.1) is 5.56 Å². The van der Waals surface area contributed by atoms with Gasteiger partial charge in [-0.2, -0.15) is 0 Å². The summed E-state index contributed by atoms with van der Waals surface area (Å²) < 4.78 is 5.20. The number of carbonyl (C=O) groups excluding carboxylic acids is 2. The molecule has 0 aromatic heterocycles. The maximum absolute atomic E-state index is 12.6. The predicted molar refractivity (Wildman–Crippen MR) is 93.0 cm³/mol. The summed E-state index contributed by atoms with van der Waals surface area (Å²) in [5.41, 5.74) is 0.798. The maximum Gasteiger partial charge on any atom is 0.338 e. The molecule has 0 radical (unpaired) electrons. The van der Waals surface area contributed by atoms with Crippen molar-refractivity contribution in [2.24, 2.45) is 10.8 Å². The Kier molecular flexibility index (Phi) is 4.37. The van der Waals surface area contributed by atoms with Crippen LogP contribution in [0, 0.1) is 10.8 Å². The third-order valence-electron chi connectivity index (χ3n) is 5.12. The Hall–Kier alpha value is -1.55. The van der Waals surface area contributed by atoms with E-state index in [1.807, 2.05) is 4.90 Å². The van der Waals surface area contributed by atoms with Gasteiger partial charge in [0.25, 0.3) is 5.91 Å². The number of likely N-dealkylation sites (tertiary alicyclic amines) is 1. The number of rotatable bonds is 3. The van der Waals surface area contributed by atoms with E-state index in [4.69, 9.17) is 16.3 Å². The van der Waals surface area contributed by atoms with E-state index in [-0.39, 0.29) is 29.4 Å². The Bertz CT molecular complexity index is 672. The standard InChI is InChI=1S/C19H24ClNO3/c1-18(2)8-15-9-19(3,11-18)12-21(15)16(22)10-24-17(23)13-5-4-6-14(20)7-13/h4-7,15H,8-12H2,1-3H3. The van der Waals surface area contributed by atoms with E-state index in [2.05, 4.69) is 20.8 Å². The second kappa shape index (κ2) is 6.07. The predicted octanol–water partition coefficient (Wildman–Crippen LogP) is 3.92. The lowest BCUT2D eigenvalue weighted by Crippen LogP contribution is -2.39. The van der Waals surface area contributed by atoms with Crippen molar-refractivity contribution >= 4 is 23.5 Å². The zero-order valence-electron chi connectivity index (χ0n) is 14.5. The molecule has 0 N–H and O–H groups in total. The topological polar surface area (TPSA) is 46.6 Å². The van der Waals surface area contributed by atoms with Crippen LogP contribution in [0.2, 0.25) is 5.02 Å². The summed E-state index contributed by atoms with van der Waals surface area (Å²) in [5, 5.41) is 0.472. The van der Waals surface area contributed by atoms with E-state index in [1.54, 1.807) is 24.3 Å². The monoisotopic (exact) mass is 349 g/mol. The van der Waals surface area contributed by atoms with Gasteiger partial charge in [0.2, 0.25) is 0 Å². The van der Waals surface area contributed by atoms with E-state index >= 15 is 0 Å². The number of hydrogen-bond acceptors (Lipinski definition) is 3. The van der Waals surface area contributed by atoms with Crippen LogP contribution in [-0.4, -0.2) is 36.0 Å². The lowest BCUT2D eigenvalue weighted by Gasteiger charge is -2.39. The normalized spacial score (nSPS) is 27.8. The van der Waals surface area contributed by atoms with Crippen LogP contribution in [0.5, 0.6) is 0 Å². The van der Waals surface area contributed by atoms with Crippen molar-refractivity contribution in [3.8, 4) is 0 Å². The van der Waals surface area contributed by atoms with E-state index in [9.17, 15) is 9.59 Å². The Morgan fingerprint density at radius 3 is 2.75 bits per heavy atom. The molecule has 1 amide bonds. The van der Waals surface area contributed by atoms with Crippen LogP contribution in [0.4, 0.5) is 0 Å². The minimum Gasteiger partial charge on any atom is -0.452 e. The lowest BCUT2D eigenvalue weighted by atomic mass is 9.65. The van der Waals surface area contributed by atoms with Crippen molar-refractivity contribution < 1.29 is 14.3 Å². The van der Waals surface area contributed by atoms with Crippen LogP contribution in [0.3, 0.4) is 0 Å². The molecule has 4 nitrogen and oxygen atoms in total. The first-order valence-electron chi connectivity index (χ1n) is 8.40. The van der Waals surface area contributed by atoms with Gasteiger partial charge in [-0.05, 0) is 48.3 Å². The average Bonchev–Trinajstić information content (AvgIpc) is 2.73. The molecule has 1 aliphatic carbocycles. The van der Waals surface area contributed by atoms with E-state index in [1.165, 1.54) is 0 Å². The fourth-order valence-electron chi connectivity index (χ4n) is 4.66. The summed E-state index contributed by atoms with van der Waals surface area (Å²) in [6, 6.07) is 6.81. The van der Waals surface area contributed by atoms with Gasteiger partial charge in [-0.25, -0.2) is 4.79 Å². The van der Waals surface area contributed by atoms with Crippen molar-refractivity contribution in [3.63, 3.8) is 0 Å². The second-order valence-electron chi connectivity index (χ2n) is 8.32. The average molecular weight is 350 g/mol. The molecular formula is C19H24ClNO3. The SMILES string of the molecule is CC1(C)CC2CC(C)(CN2C(=O)COC(=O)c2cccc(Cl)c2)C1. The fraction of sp³-hybridized carbons (Fsp3) is 0.579. The smallest absolute Gasteiger partial charge is 0.338 e. The maximum atomic E-state index is 12.6. The van der Waals surface area contributed by atoms with Crippen LogP contribution in [-0.2, 0) is 9.53 Å². The van der Waals surface area contributed by atoms with Crippen molar-refractivity contribution in [2.75, 3.05) is 13.2 Å². The molecule has 1 aromatic carbocycles. The molecule has 1 saturated carbocycles. The molecule has 2 fully saturated rings. The van der Waals surface area contributed by atoms with Crippen LogP contribution in [0.25, 0.3) is 0 Å². The first kappa shape index (κ1) is 17.3. The Labute approximate surface area is 148 Å². The zero-order valence-corrected chi connectivity index (χ0v) is 15.2. The third-order valence-corrected chi connectivity index (χ3v) is 5.36. The quantitative estimate of drug-likeness (QED) is 0.777. The van der Waals surface area contributed by atoms with Gasteiger partial charge in [-0.3, -0.25) is 4.79 Å². The largest absolute Gasteiger partial charge is 0.452 e. The van der Waals surface area contributed by atoms with Crippen molar-refractivity contribution in [1.82, 2.24) is 4.90 Å². The van der Waals surface area contributed by atoms with E-state index in [0.717, 1.165) is 25.8 Å². The molecule has 130 valence electrons. The van der Waals surface area contributed by atoms with E-state index in [0.29, 0.717) is 10.6 Å². The van der Waals surface area contributed by atoms with Gasteiger partial charge in [0.1, 0.15) is 0 Å². The van der Waals surface area contributed by atoms with Gasteiger partial charge in [0.15, 0.2) is 6.61 Å².